The first kappa shape index (κ1) is 15.9. The quantitative estimate of drug-likeness (QED) is 0.767. The van der Waals surface area contributed by atoms with Crippen molar-refractivity contribution >= 4 is 11.6 Å². The van der Waals surface area contributed by atoms with Crippen LogP contribution in [0.2, 0.25) is 0 Å². The number of hydrogen-bond acceptors (Lipinski definition) is 2. The molecule has 1 heterocycles. The van der Waals surface area contributed by atoms with E-state index in [-0.39, 0.29) is 11.5 Å². The lowest BCUT2D eigenvalue weighted by Crippen LogP contribution is -2.45. The van der Waals surface area contributed by atoms with E-state index in [2.05, 4.69) is 11.2 Å². The summed E-state index contributed by atoms with van der Waals surface area (Å²) in [6.07, 6.45) is 3.03. The van der Waals surface area contributed by atoms with E-state index in [0.29, 0.717) is 12.1 Å². The fourth-order valence-electron chi connectivity index (χ4n) is 4.15. The van der Waals surface area contributed by atoms with Crippen LogP contribution in [0.15, 0.2) is 47.6 Å². The standard InChI is InChI=1S/C20H18F2N2O/c1-13(25)24-20(10-4-6-14-5-2-3-7-17(14)20)12-19(23-24)16-11-15(21)8-9-18(16)22/h2-3,5,7-9,11H,4,6,10,12H2,1H3. The lowest BCUT2D eigenvalue weighted by molar-refractivity contribution is -0.135. The summed E-state index contributed by atoms with van der Waals surface area (Å²) in [4.78, 5) is 12.3. The van der Waals surface area contributed by atoms with Gasteiger partial charge in [0.1, 0.15) is 11.6 Å². The Labute approximate surface area is 145 Å². The first-order valence-corrected chi connectivity index (χ1v) is 8.43. The van der Waals surface area contributed by atoms with E-state index in [1.807, 2.05) is 18.2 Å². The number of fused-ring (bicyclic) bond motifs is 2. The Morgan fingerprint density at radius 1 is 1.20 bits per heavy atom. The zero-order valence-electron chi connectivity index (χ0n) is 13.9. The molecule has 2 aliphatic rings. The Morgan fingerprint density at radius 2 is 2.00 bits per heavy atom. The molecule has 0 saturated carbocycles. The molecule has 0 fully saturated rings. The fourth-order valence-corrected chi connectivity index (χ4v) is 4.15. The van der Waals surface area contributed by atoms with Crippen LogP contribution in [0.4, 0.5) is 8.78 Å². The topological polar surface area (TPSA) is 32.7 Å². The minimum atomic E-state index is -0.602. The third-order valence-electron chi connectivity index (χ3n) is 5.18. The van der Waals surface area contributed by atoms with Gasteiger partial charge in [0.15, 0.2) is 0 Å². The Kier molecular flexibility index (Phi) is 3.67. The van der Waals surface area contributed by atoms with Crippen LogP contribution in [0.3, 0.4) is 0 Å². The van der Waals surface area contributed by atoms with Crippen molar-refractivity contribution in [2.24, 2.45) is 5.10 Å². The molecule has 1 amide bonds. The number of halogens is 2. The molecule has 1 spiro atoms. The molecule has 5 heteroatoms. The van der Waals surface area contributed by atoms with E-state index in [4.69, 9.17) is 0 Å². The van der Waals surface area contributed by atoms with Crippen molar-refractivity contribution in [2.45, 2.75) is 38.1 Å². The number of hydrogen-bond donors (Lipinski definition) is 0. The van der Waals surface area contributed by atoms with Gasteiger partial charge in [0.25, 0.3) is 0 Å². The third-order valence-corrected chi connectivity index (χ3v) is 5.18. The number of hydrazone groups is 1. The van der Waals surface area contributed by atoms with Crippen molar-refractivity contribution in [3.63, 3.8) is 0 Å². The molecule has 3 nitrogen and oxygen atoms in total. The van der Waals surface area contributed by atoms with Crippen molar-refractivity contribution in [1.82, 2.24) is 5.01 Å². The summed E-state index contributed by atoms with van der Waals surface area (Å²) in [6.45, 7) is 1.47. The lowest BCUT2D eigenvalue weighted by atomic mass is 9.73. The molecule has 1 unspecified atom stereocenters. The van der Waals surface area contributed by atoms with Crippen molar-refractivity contribution in [1.29, 1.82) is 0 Å². The number of nitrogens with zero attached hydrogens (tertiary/aromatic N) is 2. The Bertz CT molecular complexity index is 893. The highest BCUT2D eigenvalue weighted by molar-refractivity contribution is 6.04. The van der Waals surface area contributed by atoms with Crippen molar-refractivity contribution < 1.29 is 13.6 Å². The Hall–Kier alpha value is -2.56. The monoisotopic (exact) mass is 340 g/mol. The molecule has 1 aliphatic carbocycles. The second-order valence-corrected chi connectivity index (χ2v) is 6.72. The molecule has 2 aromatic rings. The van der Waals surface area contributed by atoms with E-state index in [9.17, 15) is 13.6 Å². The molecule has 0 N–H and O–H groups in total. The van der Waals surface area contributed by atoms with Gasteiger partial charge in [0.2, 0.25) is 5.91 Å². The molecular formula is C20H18F2N2O. The molecule has 1 aliphatic heterocycles. The number of aryl methyl sites for hydroxylation is 1. The highest BCUT2D eigenvalue weighted by Crippen LogP contribution is 2.47. The summed E-state index contributed by atoms with van der Waals surface area (Å²) in [5.41, 5.74) is 2.20. The largest absolute Gasteiger partial charge is 0.273 e. The maximum Gasteiger partial charge on any atom is 0.240 e. The normalized spacial score (nSPS) is 22.0. The van der Waals surface area contributed by atoms with Crippen LogP contribution < -0.4 is 0 Å². The smallest absolute Gasteiger partial charge is 0.240 e. The second-order valence-electron chi connectivity index (χ2n) is 6.72. The molecule has 4 rings (SSSR count). The average molecular weight is 340 g/mol. The highest BCUT2D eigenvalue weighted by atomic mass is 19.1. The van der Waals surface area contributed by atoms with Crippen LogP contribution in [-0.4, -0.2) is 16.6 Å². The number of carbonyl (C=O) groups excluding carboxylic acids is 1. The van der Waals surface area contributed by atoms with Gasteiger partial charge in [-0.25, -0.2) is 13.8 Å². The van der Waals surface area contributed by atoms with Gasteiger partial charge in [-0.3, -0.25) is 4.79 Å². The summed E-state index contributed by atoms with van der Waals surface area (Å²) in [5, 5.41) is 5.91. The summed E-state index contributed by atoms with van der Waals surface area (Å²) in [5.74, 6) is -1.23. The number of carbonyl (C=O) groups is 1. The molecule has 0 saturated heterocycles. The van der Waals surface area contributed by atoms with Crippen molar-refractivity contribution in [2.75, 3.05) is 0 Å². The van der Waals surface area contributed by atoms with Gasteiger partial charge in [-0.1, -0.05) is 24.3 Å². The summed E-state index contributed by atoms with van der Waals surface area (Å²) < 4.78 is 27.9. The first-order valence-electron chi connectivity index (χ1n) is 8.43. The lowest BCUT2D eigenvalue weighted by Gasteiger charge is -2.40. The van der Waals surface area contributed by atoms with E-state index >= 15 is 0 Å². The number of amides is 1. The molecule has 0 radical (unpaired) electrons. The maximum absolute atomic E-state index is 14.3. The van der Waals surface area contributed by atoms with Gasteiger partial charge in [-0.05, 0) is 48.6 Å². The molecule has 0 bridgehead atoms. The Balaban J connectivity index is 1.85. The van der Waals surface area contributed by atoms with Gasteiger partial charge >= 0.3 is 0 Å². The van der Waals surface area contributed by atoms with Crippen molar-refractivity contribution in [3.8, 4) is 0 Å². The minimum absolute atomic E-state index is 0.131. The minimum Gasteiger partial charge on any atom is -0.273 e. The predicted octanol–water partition coefficient (Wildman–Crippen LogP) is 4.15. The number of rotatable bonds is 1. The van der Waals surface area contributed by atoms with Crippen LogP contribution in [0.5, 0.6) is 0 Å². The van der Waals surface area contributed by atoms with E-state index < -0.39 is 17.2 Å². The average Bonchev–Trinajstić information content (AvgIpc) is 2.98. The Morgan fingerprint density at radius 3 is 2.80 bits per heavy atom. The molecule has 128 valence electrons. The molecular weight excluding hydrogens is 322 g/mol. The zero-order valence-corrected chi connectivity index (χ0v) is 13.9. The molecule has 2 aromatic carbocycles. The summed E-state index contributed by atoms with van der Waals surface area (Å²) in [6, 6.07) is 11.4. The zero-order chi connectivity index (χ0) is 17.6. The van der Waals surface area contributed by atoms with Crippen LogP contribution in [0.25, 0.3) is 0 Å². The highest BCUT2D eigenvalue weighted by Gasteiger charge is 2.48. The SMILES string of the molecule is CC(=O)N1N=C(c2cc(F)ccc2F)CC12CCCc1ccccc12. The molecule has 1 atom stereocenters. The summed E-state index contributed by atoms with van der Waals surface area (Å²) >= 11 is 0. The van der Waals surface area contributed by atoms with Gasteiger partial charge in [0, 0.05) is 18.9 Å². The fraction of sp³-hybridized carbons (Fsp3) is 0.300. The van der Waals surface area contributed by atoms with Crippen LogP contribution in [0, 0.1) is 11.6 Å². The van der Waals surface area contributed by atoms with Gasteiger partial charge in [-0.15, -0.1) is 0 Å². The van der Waals surface area contributed by atoms with Gasteiger partial charge in [0.05, 0.1) is 11.3 Å². The first-order chi connectivity index (χ1) is 12.0. The van der Waals surface area contributed by atoms with Crippen LogP contribution in [-0.2, 0) is 16.8 Å². The third kappa shape index (κ3) is 2.46. The van der Waals surface area contributed by atoms with E-state index in [1.165, 1.54) is 17.5 Å². The predicted molar refractivity (Wildman–Crippen MR) is 91.1 cm³/mol. The van der Waals surface area contributed by atoms with Crippen LogP contribution in [0.1, 0.15) is 42.9 Å². The maximum atomic E-state index is 14.3. The molecule has 0 aromatic heterocycles. The van der Waals surface area contributed by atoms with E-state index in [1.54, 1.807) is 0 Å². The van der Waals surface area contributed by atoms with E-state index in [0.717, 1.165) is 43.0 Å². The molecule has 25 heavy (non-hydrogen) atoms. The van der Waals surface area contributed by atoms with Gasteiger partial charge in [-0.2, -0.15) is 5.10 Å². The summed E-state index contributed by atoms with van der Waals surface area (Å²) in [7, 11) is 0. The van der Waals surface area contributed by atoms with Crippen molar-refractivity contribution in [3.05, 3.63) is 70.8 Å². The van der Waals surface area contributed by atoms with Crippen LogP contribution >= 0.6 is 0 Å². The van der Waals surface area contributed by atoms with Gasteiger partial charge < -0.3 is 0 Å². The second kappa shape index (κ2) is 5.76. The number of benzene rings is 2.